The Kier molecular flexibility index (Phi) is 2.69. The molecular weight excluding hydrogens is 289 g/mol. The molecule has 86 valence electrons. The maximum atomic E-state index is 12.3. The number of fused-ring (bicyclic) bond motifs is 1. The minimum absolute atomic E-state index is 0.0607. The fourth-order valence-electron chi connectivity index (χ4n) is 1.59. The molecule has 0 amide bonds. The summed E-state index contributed by atoms with van der Waals surface area (Å²) in [6.07, 6.45) is -4.35. The minimum atomic E-state index is -4.87. The van der Waals surface area contributed by atoms with Gasteiger partial charge in [0.05, 0.1) is 12.2 Å². The monoisotopic (exact) mass is 294 g/mol. The van der Waals surface area contributed by atoms with Gasteiger partial charge in [-0.2, -0.15) is 13.2 Å². The molecular formula is C10H6BrF3O2. The fraction of sp³-hybridized carbons (Fsp3) is 0.300. The van der Waals surface area contributed by atoms with Gasteiger partial charge in [0, 0.05) is 10.9 Å². The Balaban J connectivity index is 2.53. The van der Waals surface area contributed by atoms with Crippen LogP contribution in [0.3, 0.4) is 0 Å². The molecule has 0 saturated heterocycles. The third-order valence-corrected chi connectivity index (χ3v) is 2.71. The molecule has 6 heteroatoms. The molecule has 0 saturated carbocycles. The van der Waals surface area contributed by atoms with E-state index < -0.39 is 17.5 Å². The van der Waals surface area contributed by atoms with Gasteiger partial charge in [0.2, 0.25) is 0 Å². The lowest BCUT2D eigenvalue weighted by molar-refractivity contribution is -0.0886. The standard InChI is InChI=1S/C10H6BrF3O2/c11-6-3-5-1-2-16-8(5)7(4-6)9(15)10(12,13)14/h3-4H,1-2H2. The second-order valence-corrected chi connectivity index (χ2v) is 4.28. The van der Waals surface area contributed by atoms with Crippen molar-refractivity contribution in [3.05, 3.63) is 27.7 Å². The van der Waals surface area contributed by atoms with E-state index in [4.69, 9.17) is 4.74 Å². The highest BCUT2D eigenvalue weighted by molar-refractivity contribution is 9.10. The Morgan fingerprint density at radius 2 is 2.06 bits per heavy atom. The van der Waals surface area contributed by atoms with Crippen LogP contribution in [0.5, 0.6) is 5.75 Å². The Morgan fingerprint density at radius 1 is 1.38 bits per heavy atom. The van der Waals surface area contributed by atoms with Crippen molar-refractivity contribution in [2.45, 2.75) is 12.6 Å². The number of alkyl halides is 3. The van der Waals surface area contributed by atoms with Gasteiger partial charge in [0.15, 0.2) is 0 Å². The van der Waals surface area contributed by atoms with Crippen molar-refractivity contribution in [2.24, 2.45) is 0 Å². The minimum Gasteiger partial charge on any atom is -0.492 e. The number of Topliss-reactive ketones (excluding diaryl/α,β-unsaturated/α-hetero) is 1. The number of carbonyl (C=O) groups is 1. The maximum Gasteiger partial charge on any atom is 0.455 e. The van der Waals surface area contributed by atoms with Gasteiger partial charge >= 0.3 is 6.18 Å². The predicted molar refractivity (Wildman–Crippen MR) is 53.7 cm³/mol. The second kappa shape index (κ2) is 3.76. The number of ketones is 1. The molecule has 1 aliphatic heterocycles. The predicted octanol–water partition coefficient (Wildman–Crippen LogP) is 3.13. The third-order valence-electron chi connectivity index (χ3n) is 2.25. The van der Waals surface area contributed by atoms with Crippen LogP contribution < -0.4 is 4.74 Å². The Morgan fingerprint density at radius 3 is 2.69 bits per heavy atom. The van der Waals surface area contributed by atoms with Crippen molar-refractivity contribution in [1.29, 1.82) is 0 Å². The van der Waals surface area contributed by atoms with Crippen LogP contribution in [0, 0.1) is 0 Å². The summed E-state index contributed by atoms with van der Waals surface area (Å²) >= 11 is 3.08. The first kappa shape index (κ1) is 11.4. The van der Waals surface area contributed by atoms with Crippen LogP contribution in [-0.2, 0) is 6.42 Å². The normalized spacial score (nSPS) is 14.5. The van der Waals surface area contributed by atoms with E-state index in [2.05, 4.69) is 15.9 Å². The van der Waals surface area contributed by atoms with Gasteiger partial charge in [0.1, 0.15) is 5.75 Å². The summed E-state index contributed by atoms with van der Waals surface area (Å²) < 4.78 is 42.5. The quantitative estimate of drug-likeness (QED) is 0.744. The van der Waals surface area contributed by atoms with Gasteiger partial charge in [0.25, 0.3) is 5.78 Å². The van der Waals surface area contributed by atoms with Crippen LogP contribution >= 0.6 is 15.9 Å². The summed E-state index contributed by atoms with van der Waals surface area (Å²) in [5, 5.41) is 0. The Bertz CT molecular complexity index is 454. The van der Waals surface area contributed by atoms with E-state index in [1.165, 1.54) is 0 Å². The topological polar surface area (TPSA) is 26.3 Å². The molecule has 0 atom stereocenters. The SMILES string of the molecule is O=C(c1cc(Br)cc2c1OCC2)C(F)(F)F. The third kappa shape index (κ3) is 1.93. The van der Waals surface area contributed by atoms with Crippen molar-refractivity contribution in [3.8, 4) is 5.75 Å². The maximum absolute atomic E-state index is 12.3. The van der Waals surface area contributed by atoms with Gasteiger partial charge in [-0.3, -0.25) is 4.79 Å². The lowest BCUT2D eigenvalue weighted by Gasteiger charge is -2.10. The molecule has 1 aliphatic rings. The molecule has 2 nitrogen and oxygen atoms in total. The molecule has 0 N–H and O–H groups in total. The molecule has 1 heterocycles. The van der Waals surface area contributed by atoms with E-state index in [-0.39, 0.29) is 5.75 Å². The van der Waals surface area contributed by atoms with E-state index in [1.807, 2.05) is 0 Å². The first-order chi connectivity index (χ1) is 7.39. The first-order valence-electron chi connectivity index (χ1n) is 4.46. The number of ether oxygens (including phenoxy) is 1. The van der Waals surface area contributed by atoms with Crippen molar-refractivity contribution in [3.63, 3.8) is 0 Å². The van der Waals surface area contributed by atoms with Gasteiger partial charge in [-0.1, -0.05) is 15.9 Å². The summed E-state index contributed by atoms with van der Waals surface area (Å²) in [6, 6.07) is 2.80. The zero-order chi connectivity index (χ0) is 11.9. The van der Waals surface area contributed by atoms with Crippen LogP contribution in [0.15, 0.2) is 16.6 Å². The van der Waals surface area contributed by atoms with E-state index in [0.717, 1.165) is 6.07 Å². The lowest BCUT2D eigenvalue weighted by atomic mass is 10.0. The van der Waals surface area contributed by atoms with Crippen LogP contribution in [-0.4, -0.2) is 18.6 Å². The molecule has 0 aromatic heterocycles. The van der Waals surface area contributed by atoms with Crippen molar-refractivity contribution >= 4 is 21.7 Å². The van der Waals surface area contributed by atoms with E-state index in [0.29, 0.717) is 23.1 Å². The highest BCUT2D eigenvalue weighted by atomic mass is 79.9. The van der Waals surface area contributed by atoms with Crippen molar-refractivity contribution in [2.75, 3.05) is 6.61 Å². The highest BCUT2D eigenvalue weighted by Crippen LogP contribution is 2.36. The van der Waals surface area contributed by atoms with Crippen LogP contribution in [0.2, 0.25) is 0 Å². The number of rotatable bonds is 1. The van der Waals surface area contributed by atoms with Gasteiger partial charge in [-0.05, 0) is 17.7 Å². The molecule has 16 heavy (non-hydrogen) atoms. The van der Waals surface area contributed by atoms with Crippen LogP contribution in [0.25, 0.3) is 0 Å². The molecule has 0 unspecified atom stereocenters. The van der Waals surface area contributed by atoms with E-state index in [1.54, 1.807) is 6.07 Å². The largest absolute Gasteiger partial charge is 0.492 e. The average Bonchev–Trinajstić information content (AvgIpc) is 2.61. The first-order valence-corrected chi connectivity index (χ1v) is 5.25. The number of halogens is 4. The molecule has 1 aromatic rings. The Labute approximate surface area is 97.5 Å². The molecule has 1 aromatic carbocycles. The molecule has 0 spiro atoms. The second-order valence-electron chi connectivity index (χ2n) is 3.37. The van der Waals surface area contributed by atoms with Crippen LogP contribution in [0.1, 0.15) is 15.9 Å². The highest BCUT2D eigenvalue weighted by Gasteiger charge is 2.41. The lowest BCUT2D eigenvalue weighted by Crippen LogP contribution is -2.23. The van der Waals surface area contributed by atoms with E-state index in [9.17, 15) is 18.0 Å². The molecule has 2 rings (SSSR count). The van der Waals surface area contributed by atoms with Crippen LogP contribution in [0.4, 0.5) is 13.2 Å². The zero-order valence-corrected chi connectivity index (χ0v) is 9.48. The number of benzene rings is 1. The number of carbonyl (C=O) groups excluding carboxylic acids is 1. The average molecular weight is 295 g/mol. The smallest absolute Gasteiger partial charge is 0.455 e. The van der Waals surface area contributed by atoms with Crippen molar-refractivity contribution < 1.29 is 22.7 Å². The van der Waals surface area contributed by atoms with Gasteiger partial charge in [-0.25, -0.2) is 0 Å². The molecule has 0 fully saturated rings. The van der Waals surface area contributed by atoms with Gasteiger partial charge < -0.3 is 4.74 Å². The molecule has 0 aliphatic carbocycles. The summed E-state index contributed by atoms with van der Waals surface area (Å²) in [7, 11) is 0. The van der Waals surface area contributed by atoms with E-state index >= 15 is 0 Å². The zero-order valence-electron chi connectivity index (χ0n) is 7.90. The summed E-state index contributed by atoms with van der Waals surface area (Å²) in [4.78, 5) is 11.2. The number of hydrogen-bond donors (Lipinski definition) is 0. The fourth-order valence-corrected chi connectivity index (χ4v) is 2.10. The van der Waals surface area contributed by atoms with Gasteiger partial charge in [-0.15, -0.1) is 0 Å². The molecule has 0 radical (unpaired) electrons. The molecule has 0 bridgehead atoms. The van der Waals surface area contributed by atoms with Crippen molar-refractivity contribution in [1.82, 2.24) is 0 Å². The Hall–Kier alpha value is -1.04. The summed E-state index contributed by atoms with van der Waals surface area (Å²) in [5.41, 5.74) is 0.205. The number of hydrogen-bond acceptors (Lipinski definition) is 2. The summed E-state index contributed by atoms with van der Waals surface area (Å²) in [5.74, 6) is -1.81. The summed E-state index contributed by atoms with van der Waals surface area (Å²) in [6.45, 7) is 0.309.